The van der Waals surface area contributed by atoms with Crippen molar-refractivity contribution >= 4 is 17.8 Å². The molecule has 3 rings (SSSR count). The first-order valence-corrected chi connectivity index (χ1v) is 9.36. The maximum atomic E-state index is 9.90. The Kier molecular flexibility index (Phi) is 8.41. The number of aromatic nitrogens is 3. The molecule has 28 heavy (non-hydrogen) atoms. The van der Waals surface area contributed by atoms with Gasteiger partial charge in [0.1, 0.15) is 5.82 Å². The number of pyridine rings is 1. The maximum Gasteiger partial charge on any atom is 0.303 e. The fourth-order valence-electron chi connectivity index (χ4n) is 2.89. The molecule has 1 aliphatic rings. The second kappa shape index (κ2) is 11.0. The third kappa shape index (κ3) is 7.36. The number of hydrogen-bond donors (Lipinski definition) is 4. The van der Waals surface area contributed by atoms with E-state index < -0.39 is 11.9 Å². The van der Waals surface area contributed by atoms with Gasteiger partial charge in [-0.15, -0.1) is 0 Å². The summed E-state index contributed by atoms with van der Waals surface area (Å²) >= 11 is 0. The minimum absolute atomic E-state index is 0.0628. The van der Waals surface area contributed by atoms with Crippen molar-refractivity contribution in [2.24, 2.45) is 0 Å². The Morgan fingerprint density at radius 1 is 1.07 bits per heavy atom. The molecule has 5 N–H and O–H groups in total. The van der Waals surface area contributed by atoms with Crippen LogP contribution in [0, 0.1) is 0 Å². The van der Waals surface area contributed by atoms with Crippen LogP contribution in [0.25, 0.3) is 11.1 Å². The standard InChI is InChI=1S/C13H17N5.C6H10O4/c14-13-2-1-10(7-16-13)11-8-17-18(9-11)12-3-5-15-6-4-12;7-5(8)3-1-2-4-6(9)10/h1-2,7-9,12,15H,3-6H2,(H2,14,16);1-4H2,(H,7,8)(H,9,10). The van der Waals surface area contributed by atoms with Gasteiger partial charge in [0, 0.05) is 36.4 Å². The highest BCUT2D eigenvalue weighted by Gasteiger charge is 2.15. The Morgan fingerprint density at radius 2 is 1.71 bits per heavy atom. The molecule has 0 aromatic carbocycles. The van der Waals surface area contributed by atoms with Crippen molar-refractivity contribution in [3.63, 3.8) is 0 Å². The molecule has 2 aromatic heterocycles. The average Bonchev–Trinajstić information content (AvgIpc) is 3.17. The van der Waals surface area contributed by atoms with E-state index in [0.29, 0.717) is 24.7 Å². The van der Waals surface area contributed by atoms with Gasteiger partial charge >= 0.3 is 11.9 Å². The molecule has 3 heterocycles. The highest BCUT2D eigenvalue weighted by Crippen LogP contribution is 2.23. The number of nitrogens with two attached hydrogens (primary N) is 1. The first-order chi connectivity index (χ1) is 13.5. The van der Waals surface area contributed by atoms with Crippen LogP contribution in [0.5, 0.6) is 0 Å². The topological polar surface area (TPSA) is 143 Å². The van der Waals surface area contributed by atoms with Gasteiger partial charge < -0.3 is 21.3 Å². The second-order valence-corrected chi connectivity index (χ2v) is 6.66. The third-order valence-corrected chi connectivity index (χ3v) is 4.44. The minimum Gasteiger partial charge on any atom is -0.481 e. The lowest BCUT2D eigenvalue weighted by Crippen LogP contribution is -2.29. The molecular formula is C19H27N5O4. The van der Waals surface area contributed by atoms with Gasteiger partial charge in [0.2, 0.25) is 0 Å². The van der Waals surface area contributed by atoms with Crippen molar-refractivity contribution in [2.75, 3.05) is 18.8 Å². The molecular weight excluding hydrogens is 362 g/mol. The molecule has 2 aromatic rings. The lowest BCUT2D eigenvalue weighted by molar-refractivity contribution is -0.139. The van der Waals surface area contributed by atoms with Crippen LogP contribution in [0.2, 0.25) is 0 Å². The number of aliphatic carboxylic acids is 2. The van der Waals surface area contributed by atoms with Crippen LogP contribution in [0.4, 0.5) is 5.82 Å². The quantitative estimate of drug-likeness (QED) is 0.528. The van der Waals surface area contributed by atoms with Gasteiger partial charge in [0.25, 0.3) is 0 Å². The van der Waals surface area contributed by atoms with Crippen molar-refractivity contribution < 1.29 is 19.8 Å². The zero-order valence-corrected chi connectivity index (χ0v) is 15.8. The summed E-state index contributed by atoms with van der Waals surface area (Å²) in [5.41, 5.74) is 7.75. The maximum absolute atomic E-state index is 9.90. The fraction of sp³-hybridized carbons (Fsp3) is 0.474. The summed E-state index contributed by atoms with van der Waals surface area (Å²) in [5.74, 6) is -1.19. The van der Waals surface area contributed by atoms with E-state index in [1.807, 2.05) is 18.3 Å². The molecule has 0 aliphatic carbocycles. The van der Waals surface area contributed by atoms with Gasteiger partial charge in [-0.25, -0.2) is 4.98 Å². The SMILES string of the molecule is Nc1ccc(-c2cnn(C3CCNCC3)c2)cn1.O=C(O)CCCCC(=O)O. The van der Waals surface area contributed by atoms with Crippen molar-refractivity contribution in [1.29, 1.82) is 0 Å². The number of rotatable bonds is 7. The van der Waals surface area contributed by atoms with E-state index in [4.69, 9.17) is 15.9 Å². The molecule has 0 spiro atoms. The number of hydrogen-bond acceptors (Lipinski definition) is 6. The predicted molar refractivity (Wildman–Crippen MR) is 105 cm³/mol. The number of nitrogen functional groups attached to an aromatic ring is 1. The average molecular weight is 389 g/mol. The predicted octanol–water partition coefficient (Wildman–Crippen LogP) is 2.17. The van der Waals surface area contributed by atoms with Crippen LogP contribution in [0.1, 0.15) is 44.6 Å². The number of carbonyl (C=O) groups is 2. The minimum atomic E-state index is -0.870. The van der Waals surface area contributed by atoms with Gasteiger partial charge in [0.05, 0.1) is 12.2 Å². The Balaban J connectivity index is 0.000000242. The number of piperidine rings is 1. The van der Waals surface area contributed by atoms with Crippen LogP contribution >= 0.6 is 0 Å². The highest BCUT2D eigenvalue weighted by molar-refractivity contribution is 5.68. The molecule has 9 nitrogen and oxygen atoms in total. The normalized spacial score (nSPS) is 14.1. The lowest BCUT2D eigenvalue weighted by atomic mass is 10.1. The number of anilines is 1. The van der Waals surface area contributed by atoms with Crippen molar-refractivity contribution in [3.8, 4) is 11.1 Å². The molecule has 1 fully saturated rings. The lowest BCUT2D eigenvalue weighted by Gasteiger charge is -2.22. The number of carboxylic acids is 2. The molecule has 0 bridgehead atoms. The molecule has 1 aliphatic heterocycles. The largest absolute Gasteiger partial charge is 0.481 e. The molecule has 9 heteroatoms. The van der Waals surface area contributed by atoms with E-state index in [9.17, 15) is 9.59 Å². The van der Waals surface area contributed by atoms with E-state index >= 15 is 0 Å². The Hall–Kier alpha value is -2.94. The van der Waals surface area contributed by atoms with Gasteiger partial charge in [0.15, 0.2) is 0 Å². The summed E-state index contributed by atoms with van der Waals surface area (Å²) in [6.45, 7) is 2.15. The summed E-state index contributed by atoms with van der Waals surface area (Å²) in [5, 5.41) is 24.1. The summed E-state index contributed by atoms with van der Waals surface area (Å²) < 4.78 is 2.08. The van der Waals surface area contributed by atoms with Crippen molar-refractivity contribution in [1.82, 2.24) is 20.1 Å². The van der Waals surface area contributed by atoms with E-state index in [1.165, 1.54) is 0 Å². The van der Waals surface area contributed by atoms with Gasteiger partial charge in [-0.2, -0.15) is 5.10 Å². The smallest absolute Gasteiger partial charge is 0.303 e. The molecule has 0 unspecified atom stereocenters. The van der Waals surface area contributed by atoms with E-state index in [0.717, 1.165) is 37.1 Å². The first-order valence-electron chi connectivity index (χ1n) is 9.36. The number of carboxylic acid groups (broad SMARTS) is 2. The Bertz CT molecular complexity index is 738. The van der Waals surface area contributed by atoms with E-state index in [1.54, 1.807) is 6.20 Å². The monoisotopic (exact) mass is 389 g/mol. The van der Waals surface area contributed by atoms with Gasteiger partial charge in [-0.3, -0.25) is 14.3 Å². The Morgan fingerprint density at radius 3 is 2.25 bits per heavy atom. The molecule has 0 radical (unpaired) electrons. The molecule has 1 saturated heterocycles. The van der Waals surface area contributed by atoms with Crippen molar-refractivity contribution in [3.05, 3.63) is 30.7 Å². The van der Waals surface area contributed by atoms with Gasteiger partial charge in [-0.1, -0.05) is 0 Å². The van der Waals surface area contributed by atoms with Crippen LogP contribution in [0.3, 0.4) is 0 Å². The van der Waals surface area contributed by atoms with Gasteiger partial charge in [-0.05, 0) is 50.9 Å². The van der Waals surface area contributed by atoms with Crippen LogP contribution in [-0.2, 0) is 9.59 Å². The molecule has 152 valence electrons. The third-order valence-electron chi connectivity index (χ3n) is 4.44. The first kappa shape index (κ1) is 21.4. The summed E-state index contributed by atoms with van der Waals surface area (Å²) in [4.78, 5) is 23.9. The number of unbranched alkanes of at least 4 members (excludes halogenated alkanes) is 1. The summed E-state index contributed by atoms with van der Waals surface area (Å²) in [6, 6.07) is 4.31. The zero-order chi connectivity index (χ0) is 20.4. The van der Waals surface area contributed by atoms with Crippen LogP contribution in [-0.4, -0.2) is 50.0 Å². The van der Waals surface area contributed by atoms with Crippen LogP contribution in [0.15, 0.2) is 30.7 Å². The summed E-state index contributed by atoms with van der Waals surface area (Å²) in [6.07, 6.45) is 9.09. The fourth-order valence-corrected chi connectivity index (χ4v) is 2.89. The number of nitrogens with one attached hydrogen (secondary N) is 1. The van der Waals surface area contributed by atoms with Crippen LogP contribution < -0.4 is 11.1 Å². The zero-order valence-electron chi connectivity index (χ0n) is 15.8. The van der Waals surface area contributed by atoms with Crippen molar-refractivity contribution in [2.45, 2.75) is 44.6 Å². The molecule has 0 amide bonds. The van der Waals surface area contributed by atoms with E-state index in [-0.39, 0.29) is 12.8 Å². The Labute approximate surface area is 163 Å². The summed E-state index contributed by atoms with van der Waals surface area (Å²) in [7, 11) is 0. The van der Waals surface area contributed by atoms with E-state index in [2.05, 4.69) is 26.3 Å². The molecule has 0 atom stereocenters. The number of nitrogens with zero attached hydrogens (tertiary/aromatic N) is 3. The second-order valence-electron chi connectivity index (χ2n) is 6.66. The highest BCUT2D eigenvalue weighted by atomic mass is 16.4. The molecule has 0 saturated carbocycles.